The van der Waals surface area contributed by atoms with Crippen molar-refractivity contribution in [2.75, 3.05) is 0 Å². The van der Waals surface area contributed by atoms with Crippen molar-refractivity contribution in [1.29, 1.82) is 0 Å². The normalized spacial score (nSPS) is 41.8. The van der Waals surface area contributed by atoms with Crippen molar-refractivity contribution >= 4 is 5.78 Å². The lowest BCUT2D eigenvalue weighted by atomic mass is 9.55. The van der Waals surface area contributed by atoms with Gasteiger partial charge in [-0.15, -0.1) is 0 Å². The van der Waals surface area contributed by atoms with E-state index in [0.29, 0.717) is 23.0 Å². The van der Waals surface area contributed by atoms with Crippen LogP contribution in [0.15, 0.2) is 11.1 Å². The molecule has 0 bridgehead atoms. The fourth-order valence-electron chi connectivity index (χ4n) is 5.41. The van der Waals surface area contributed by atoms with Gasteiger partial charge in [0.1, 0.15) is 5.78 Å². The smallest absolute Gasteiger partial charge is 0.142 e. The third-order valence-electron chi connectivity index (χ3n) is 6.49. The first-order chi connectivity index (χ1) is 8.88. The maximum absolute atomic E-state index is 12.8. The van der Waals surface area contributed by atoms with E-state index in [4.69, 9.17) is 0 Å². The minimum atomic E-state index is 0.00681. The lowest BCUT2D eigenvalue weighted by Gasteiger charge is -2.49. The second kappa shape index (κ2) is 4.20. The minimum Gasteiger partial charge on any atom is -0.299 e. The Balaban J connectivity index is 2.03. The second-order valence-corrected chi connectivity index (χ2v) is 7.94. The van der Waals surface area contributed by atoms with E-state index in [2.05, 4.69) is 27.7 Å². The highest BCUT2D eigenvalue weighted by Gasteiger charge is 2.54. The quantitative estimate of drug-likeness (QED) is 0.566. The molecule has 1 saturated carbocycles. The average Bonchev–Trinajstić information content (AvgIpc) is 2.63. The molecule has 0 aliphatic heterocycles. The first kappa shape index (κ1) is 13.4. The lowest BCUT2D eigenvalue weighted by Crippen LogP contribution is -2.43. The maximum atomic E-state index is 12.8. The summed E-state index contributed by atoms with van der Waals surface area (Å²) in [6.45, 7) is 9.30. The Morgan fingerprint density at radius 2 is 1.79 bits per heavy atom. The topological polar surface area (TPSA) is 17.1 Å². The zero-order valence-corrected chi connectivity index (χ0v) is 13.0. The number of rotatable bonds is 0. The SMILES string of the molecule is C[C@@H]1CC[C@@]2(CCC3=C([C@H]2C)C(C)(C)CCC3)C1=O. The van der Waals surface area contributed by atoms with E-state index >= 15 is 0 Å². The van der Waals surface area contributed by atoms with Gasteiger partial charge >= 0.3 is 0 Å². The summed E-state index contributed by atoms with van der Waals surface area (Å²) in [6.07, 6.45) is 8.52. The van der Waals surface area contributed by atoms with Crippen molar-refractivity contribution in [3.63, 3.8) is 0 Å². The van der Waals surface area contributed by atoms with Crippen LogP contribution in [0.5, 0.6) is 0 Å². The fourth-order valence-corrected chi connectivity index (χ4v) is 5.41. The van der Waals surface area contributed by atoms with Gasteiger partial charge in [0.25, 0.3) is 0 Å². The number of carbonyl (C=O) groups excluding carboxylic acids is 1. The molecule has 106 valence electrons. The molecule has 0 radical (unpaired) electrons. The summed E-state index contributed by atoms with van der Waals surface area (Å²) in [5.74, 6) is 1.37. The van der Waals surface area contributed by atoms with Gasteiger partial charge in [0.2, 0.25) is 0 Å². The summed E-state index contributed by atoms with van der Waals surface area (Å²) in [4.78, 5) is 12.8. The molecule has 0 unspecified atom stereocenters. The molecule has 3 aliphatic carbocycles. The molecule has 1 heteroatoms. The van der Waals surface area contributed by atoms with Crippen LogP contribution in [-0.4, -0.2) is 5.78 Å². The van der Waals surface area contributed by atoms with Gasteiger partial charge < -0.3 is 0 Å². The number of hydrogen-bond donors (Lipinski definition) is 0. The predicted molar refractivity (Wildman–Crippen MR) is 78.9 cm³/mol. The predicted octanol–water partition coefficient (Wildman–Crippen LogP) is 4.91. The van der Waals surface area contributed by atoms with Crippen LogP contribution in [0.4, 0.5) is 0 Å². The van der Waals surface area contributed by atoms with Crippen molar-refractivity contribution in [3.05, 3.63) is 11.1 Å². The molecule has 0 N–H and O–H groups in total. The van der Waals surface area contributed by atoms with Crippen LogP contribution >= 0.6 is 0 Å². The maximum Gasteiger partial charge on any atom is 0.142 e. The van der Waals surface area contributed by atoms with E-state index in [1.165, 1.54) is 25.7 Å². The summed E-state index contributed by atoms with van der Waals surface area (Å²) < 4.78 is 0. The van der Waals surface area contributed by atoms with Crippen molar-refractivity contribution in [1.82, 2.24) is 0 Å². The molecule has 3 aliphatic rings. The summed E-state index contributed by atoms with van der Waals surface area (Å²) in [5, 5.41) is 0. The molecule has 0 aromatic rings. The standard InChI is InChI=1S/C18H28O/c1-12-7-10-18(16(12)19)11-8-14-6-5-9-17(3,4)15(14)13(18)2/h12-13H,5-11H2,1-4H3/t12-,13-,18+/m1/s1. The number of hydrogen-bond acceptors (Lipinski definition) is 1. The van der Waals surface area contributed by atoms with Crippen molar-refractivity contribution < 1.29 is 4.79 Å². The lowest BCUT2D eigenvalue weighted by molar-refractivity contribution is -0.131. The first-order valence-electron chi connectivity index (χ1n) is 8.15. The van der Waals surface area contributed by atoms with Gasteiger partial charge in [0.05, 0.1) is 0 Å². The summed E-state index contributed by atoms with van der Waals surface area (Å²) in [5.41, 5.74) is 3.72. The third kappa shape index (κ3) is 1.76. The van der Waals surface area contributed by atoms with Gasteiger partial charge in [-0.05, 0) is 56.3 Å². The van der Waals surface area contributed by atoms with Crippen molar-refractivity contribution in [2.24, 2.45) is 22.7 Å². The molecule has 0 aromatic carbocycles. The zero-order valence-electron chi connectivity index (χ0n) is 13.0. The van der Waals surface area contributed by atoms with E-state index in [0.717, 1.165) is 19.3 Å². The molecule has 3 atom stereocenters. The van der Waals surface area contributed by atoms with Gasteiger partial charge in [-0.2, -0.15) is 0 Å². The summed E-state index contributed by atoms with van der Waals surface area (Å²) in [6, 6.07) is 0. The Hall–Kier alpha value is -0.590. The highest BCUT2D eigenvalue weighted by atomic mass is 16.1. The van der Waals surface area contributed by atoms with E-state index in [1.807, 2.05) is 0 Å². The van der Waals surface area contributed by atoms with Crippen molar-refractivity contribution in [3.8, 4) is 0 Å². The van der Waals surface area contributed by atoms with Crippen LogP contribution in [0.1, 0.15) is 72.6 Å². The zero-order chi connectivity index (χ0) is 13.8. The van der Waals surface area contributed by atoms with E-state index in [1.54, 1.807) is 11.1 Å². The second-order valence-electron chi connectivity index (χ2n) is 7.94. The minimum absolute atomic E-state index is 0.00681. The molecule has 1 fully saturated rings. The highest BCUT2D eigenvalue weighted by molar-refractivity contribution is 5.89. The Kier molecular flexibility index (Phi) is 2.96. The molecule has 1 spiro atoms. The third-order valence-corrected chi connectivity index (χ3v) is 6.49. The Bertz CT molecular complexity index is 443. The molecular formula is C18H28O. The number of carbonyl (C=O) groups is 1. The van der Waals surface area contributed by atoms with E-state index in [-0.39, 0.29) is 5.41 Å². The number of ketones is 1. The number of allylic oxidation sites excluding steroid dienone is 2. The van der Waals surface area contributed by atoms with Gasteiger partial charge in [-0.1, -0.05) is 38.8 Å². The molecule has 0 heterocycles. The largest absolute Gasteiger partial charge is 0.299 e. The van der Waals surface area contributed by atoms with Crippen LogP contribution in [0, 0.1) is 22.7 Å². The van der Waals surface area contributed by atoms with Crippen LogP contribution in [0.3, 0.4) is 0 Å². The van der Waals surface area contributed by atoms with Gasteiger partial charge in [0.15, 0.2) is 0 Å². The molecule has 0 aromatic heterocycles. The monoisotopic (exact) mass is 260 g/mol. The van der Waals surface area contributed by atoms with Gasteiger partial charge in [-0.3, -0.25) is 4.79 Å². The molecule has 0 amide bonds. The molecular weight excluding hydrogens is 232 g/mol. The Morgan fingerprint density at radius 1 is 1.05 bits per heavy atom. The van der Waals surface area contributed by atoms with E-state index < -0.39 is 0 Å². The van der Waals surface area contributed by atoms with Crippen molar-refractivity contribution in [2.45, 2.75) is 72.6 Å². The molecule has 19 heavy (non-hydrogen) atoms. The first-order valence-corrected chi connectivity index (χ1v) is 8.15. The molecule has 3 rings (SSSR count). The van der Waals surface area contributed by atoms with Crippen LogP contribution in [0.2, 0.25) is 0 Å². The Morgan fingerprint density at radius 3 is 2.42 bits per heavy atom. The number of Topliss-reactive ketones (excluding diaryl/α,β-unsaturated/α-hetero) is 1. The highest BCUT2D eigenvalue weighted by Crippen LogP contribution is 2.59. The fraction of sp³-hybridized carbons (Fsp3) is 0.833. The van der Waals surface area contributed by atoms with Crippen LogP contribution in [0.25, 0.3) is 0 Å². The van der Waals surface area contributed by atoms with Crippen LogP contribution < -0.4 is 0 Å². The molecule has 0 saturated heterocycles. The average molecular weight is 260 g/mol. The van der Waals surface area contributed by atoms with E-state index in [9.17, 15) is 4.79 Å². The summed E-state index contributed by atoms with van der Waals surface area (Å²) in [7, 11) is 0. The van der Waals surface area contributed by atoms with Crippen LogP contribution in [-0.2, 0) is 4.79 Å². The summed E-state index contributed by atoms with van der Waals surface area (Å²) >= 11 is 0. The van der Waals surface area contributed by atoms with Gasteiger partial charge in [-0.25, -0.2) is 0 Å². The molecule has 1 nitrogen and oxygen atoms in total. The van der Waals surface area contributed by atoms with Gasteiger partial charge in [0, 0.05) is 11.3 Å². The Labute approximate surface area is 117 Å².